The smallest absolute Gasteiger partial charge is 0.305 e. The van der Waals surface area contributed by atoms with Gasteiger partial charge in [-0.1, -0.05) is 99.6 Å². The molecular weight excluding hydrogens is 416 g/mol. The van der Waals surface area contributed by atoms with Crippen LogP contribution in [0.25, 0.3) is 0 Å². The Kier molecular flexibility index (Phi) is 24.6. The van der Waals surface area contributed by atoms with E-state index < -0.39 is 0 Å². The Bertz CT molecular complexity index is 355. The molecule has 0 amide bonds. The zero-order chi connectivity index (χ0) is 22.1. The highest BCUT2D eigenvalue weighted by Crippen LogP contribution is 2.24. The van der Waals surface area contributed by atoms with Crippen LogP contribution >= 0.6 is 21.6 Å². The van der Waals surface area contributed by atoms with E-state index in [1.54, 1.807) is 21.6 Å². The summed E-state index contributed by atoms with van der Waals surface area (Å²) in [6.45, 7) is 5.57. The van der Waals surface area contributed by atoms with Gasteiger partial charge in [0.05, 0.1) is 13.2 Å². The summed E-state index contributed by atoms with van der Waals surface area (Å²) in [4.78, 5) is 23.3. The summed E-state index contributed by atoms with van der Waals surface area (Å²) in [5.74, 6) is 1.75. The van der Waals surface area contributed by atoms with E-state index in [1.165, 1.54) is 51.4 Å². The molecule has 0 bridgehead atoms. The van der Waals surface area contributed by atoms with Gasteiger partial charge in [0.2, 0.25) is 0 Å². The molecule has 6 heteroatoms. The molecule has 0 spiro atoms. The number of unbranched alkanes of at least 4 members (excludes halogenated alkanes) is 10. The van der Waals surface area contributed by atoms with Crippen molar-refractivity contribution in [3.05, 3.63) is 0 Å². The molecular formula is C24H46O4S2. The molecule has 0 fully saturated rings. The second-order valence-corrected chi connectivity index (χ2v) is 10.5. The highest BCUT2D eigenvalue weighted by molar-refractivity contribution is 8.76. The Morgan fingerprint density at radius 3 is 1.30 bits per heavy atom. The Morgan fingerprint density at radius 1 is 0.533 bits per heavy atom. The quantitative estimate of drug-likeness (QED) is 0.0879. The maximum Gasteiger partial charge on any atom is 0.305 e. The maximum atomic E-state index is 11.7. The van der Waals surface area contributed by atoms with Crippen molar-refractivity contribution in [3.8, 4) is 0 Å². The first-order chi connectivity index (χ1) is 14.7. The van der Waals surface area contributed by atoms with Crippen molar-refractivity contribution in [3.63, 3.8) is 0 Å². The van der Waals surface area contributed by atoms with Gasteiger partial charge in [-0.05, 0) is 25.7 Å². The molecule has 4 nitrogen and oxygen atoms in total. The lowest BCUT2D eigenvalue weighted by Crippen LogP contribution is -2.06. The third-order valence-corrected chi connectivity index (χ3v) is 7.40. The number of carbonyl (C=O) groups excluding carboxylic acids is 2. The highest BCUT2D eigenvalue weighted by atomic mass is 33.1. The van der Waals surface area contributed by atoms with Crippen LogP contribution in [0.1, 0.15) is 117 Å². The van der Waals surface area contributed by atoms with Crippen molar-refractivity contribution in [1.82, 2.24) is 0 Å². The van der Waals surface area contributed by atoms with Crippen LogP contribution in [0.15, 0.2) is 0 Å². The van der Waals surface area contributed by atoms with Gasteiger partial charge in [-0.15, -0.1) is 0 Å². The summed E-state index contributed by atoms with van der Waals surface area (Å²) in [6, 6.07) is 0. The van der Waals surface area contributed by atoms with Crippen LogP contribution in [-0.2, 0) is 19.1 Å². The first-order valence-electron chi connectivity index (χ1n) is 12.3. The number of esters is 2. The van der Waals surface area contributed by atoms with Crippen molar-refractivity contribution in [1.29, 1.82) is 0 Å². The summed E-state index contributed by atoms with van der Waals surface area (Å²) >= 11 is 0. The molecule has 0 unspecified atom stereocenters. The van der Waals surface area contributed by atoms with Gasteiger partial charge in [0.15, 0.2) is 0 Å². The van der Waals surface area contributed by atoms with Gasteiger partial charge >= 0.3 is 11.9 Å². The molecule has 0 aliphatic rings. The molecule has 0 saturated carbocycles. The molecule has 0 aromatic heterocycles. The molecule has 0 aromatic carbocycles. The van der Waals surface area contributed by atoms with E-state index in [0.717, 1.165) is 50.0 Å². The molecule has 0 N–H and O–H groups in total. The topological polar surface area (TPSA) is 52.6 Å². The molecule has 0 aromatic rings. The fourth-order valence-electron chi connectivity index (χ4n) is 2.95. The molecule has 30 heavy (non-hydrogen) atoms. The Morgan fingerprint density at radius 2 is 0.900 bits per heavy atom. The number of ether oxygens (including phenoxy) is 2. The van der Waals surface area contributed by atoms with Crippen LogP contribution in [0.4, 0.5) is 0 Å². The van der Waals surface area contributed by atoms with E-state index in [0.29, 0.717) is 26.1 Å². The summed E-state index contributed by atoms with van der Waals surface area (Å²) in [5, 5.41) is 0. The average Bonchev–Trinajstić information content (AvgIpc) is 2.74. The lowest BCUT2D eigenvalue weighted by Gasteiger charge is -2.06. The minimum absolute atomic E-state index is 0.0673. The molecule has 178 valence electrons. The van der Waals surface area contributed by atoms with Gasteiger partial charge in [0.25, 0.3) is 0 Å². The van der Waals surface area contributed by atoms with Crippen molar-refractivity contribution in [2.75, 3.05) is 24.7 Å². The van der Waals surface area contributed by atoms with Crippen LogP contribution < -0.4 is 0 Å². The molecule has 0 aliphatic heterocycles. The van der Waals surface area contributed by atoms with E-state index >= 15 is 0 Å². The summed E-state index contributed by atoms with van der Waals surface area (Å²) in [6.07, 6.45) is 17.2. The zero-order valence-corrected chi connectivity index (χ0v) is 21.2. The Balaban J connectivity index is 3.25. The normalized spacial score (nSPS) is 10.9. The minimum Gasteiger partial charge on any atom is -0.466 e. The third kappa shape index (κ3) is 23.9. The zero-order valence-electron chi connectivity index (χ0n) is 19.6. The predicted octanol–water partition coefficient (Wildman–Crippen LogP) is 7.74. The molecule has 0 aliphatic carbocycles. The van der Waals surface area contributed by atoms with Gasteiger partial charge in [-0.25, -0.2) is 0 Å². The molecule has 0 radical (unpaired) electrons. The second-order valence-electron chi connectivity index (χ2n) is 7.83. The van der Waals surface area contributed by atoms with Crippen LogP contribution in [0.2, 0.25) is 0 Å². The highest BCUT2D eigenvalue weighted by Gasteiger charge is 2.04. The monoisotopic (exact) mass is 462 g/mol. The van der Waals surface area contributed by atoms with Gasteiger partial charge in [0, 0.05) is 24.3 Å². The Labute approximate surface area is 193 Å². The molecule has 0 heterocycles. The van der Waals surface area contributed by atoms with Crippen molar-refractivity contribution in [2.45, 2.75) is 117 Å². The van der Waals surface area contributed by atoms with E-state index in [4.69, 9.17) is 9.47 Å². The van der Waals surface area contributed by atoms with Crippen LogP contribution in [0.3, 0.4) is 0 Å². The first-order valence-corrected chi connectivity index (χ1v) is 14.7. The van der Waals surface area contributed by atoms with Gasteiger partial charge in [-0.3, -0.25) is 9.59 Å². The predicted molar refractivity (Wildman–Crippen MR) is 132 cm³/mol. The van der Waals surface area contributed by atoms with Crippen LogP contribution in [-0.4, -0.2) is 36.7 Å². The van der Waals surface area contributed by atoms with Gasteiger partial charge in [-0.2, -0.15) is 0 Å². The number of rotatable bonds is 23. The Hall–Kier alpha value is -0.360. The van der Waals surface area contributed by atoms with E-state index in [9.17, 15) is 9.59 Å². The van der Waals surface area contributed by atoms with Gasteiger partial charge < -0.3 is 9.47 Å². The largest absolute Gasteiger partial charge is 0.466 e. The second kappa shape index (κ2) is 24.9. The van der Waals surface area contributed by atoms with Gasteiger partial charge in [0.1, 0.15) is 0 Å². The van der Waals surface area contributed by atoms with Crippen molar-refractivity contribution >= 4 is 33.5 Å². The molecule has 0 rings (SSSR count). The van der Waals surface area contributed by atoms with Crippen molar-refractivity contribution < 1.29 is 19.1 Å². The fourth-order valence-corrected chi connectivity index (χ4v) is 5.12. The minimum atomic E-state index is -0.0673. The van der Waals surface area contributed by atoms with E-state index in [2.05, 4.69) is 13.8 Å². The summed E-state index contributed by atoms with van der Waals surface area (Å²) in [7, 11) is 3.55. The van der Waals surface area contributed by atoms with Crippen LogP contribution in [0.5, 0.6) is 0 Å². The standard InChI is InChI=1S/C24H46O4S2/c1-3-5-7-9-11-13-19-27-23(25)17-15-21-29-30-22-16-18-24(26)28-20-14-12-10-8-6-4-2/h3-22H2,1-2H3. The van der Waals surface area contributed by atoms with Crippen LogP contribution in [0, 0.1) is 0 Å². The first kappa shape index (κ1) is 29.6. The number of hydrogen-bond donors (Lipinski definition) is 0. The van der Waals surface area contributed by atoms with Crippen molar-refractivity contribution in [2.24, 2.45) is 0 Å². The van der Waals surface area contributed by atoms with E-state index in [-0.39, 0.29) is 11.9 Å². The molecule has 0 atom stereocenters. The lowest BCUT2D eigenvalue weighted by atomic mass is 10.1. The van der Waals surface area contributed by atoms with E-state index in [1.807, 2.05) is 0 Å². The SMILES string of the molecule is CCCCCCCCOC(=O)CCCSSCCCC(=O)OCCCCCCCC. The average molecular weight is 463 g/mol. The maximum absolute atomic E-state index is 11.7. The number of carbonyl (C=O) groups is 2. The number of hydrogen-bond acceptors (Lipinski definition) is 6. The third-order valence-electron chi connectivity index (χ3n) is 4.82. The fraction of sp³-hybridized carbons (Fsp3) is 0.917. The summed E-state index contributed by atoms with van der Waals surface area (Å²) in [5.41, 5.74) is 0. The molecule has 0 saturated heterocycles. The summed E-state index contributed by atoms with van der Waals surface area (Å²) < 4.78 is 10.6. The lowest BCUT2D eigenvalue weighted by molar-refractivity contribution is -0.144.